The Hall–Kier alpha value is -2.36. The molecule has 0 aliphatic heterocycles. The molecule has 0 N–H and O–H groups in total. The van der Waals surface area contributed by atoms with E-state index in [0.29, 0.717) is 24.5 Å². The molecule has 1 heterocycles. The fourth-order valence-electron chi connectivity index (χ4n) is 1.94. The summed E-state index contributed by atoms with van der Waals surface area (Å²) in [6, 6.07) is 13.0. The number of amides is 1. The molecule has 0 unspecified atom stereocenters. The highest BCUT2D eigenvalue weighted by atomic mass is 16.5. The van der Waals surface area contributed by atoms with Crippen molar-refractivity contribution >= 4 is 5.91 Å². The number of pyridine rings is 1. The van der Waals surface area contributed by atoms with Gasteiger partial charge in [-0.1, -0.05) is 18.2 Å². The highest BCUT2D eigenvalue weighted by Gasteiger charge is 2.16. The van der Waals surface area contributed by atoms with E-state index in [9.17, 15) is 4.79 Å². The van der Waals surface area contributed by atoms with Gasteiger partial charge in [0.25, 0.3) is 5.91 Å². The minimum Gasteiger partial charge on any atom is -0.493 e. The highest BCUT2D eigenvalue weighted by molar-refractivity contribution is 5.96. The molecule has 0 aliphatic rings. The molecule has 0 bridgehead atoms. The van der Waals surface area contributed by atoms with Crippen LogP contribution in [0.5, 0.6) is 5.75 Å². The maximum atomic E-state index is 12.5. The van der Waals surface area contributed by atoms with Crippen LogP contribution in [-0.4, -0.2) is 29.4 Å². The molecule has 20 heavy (non-hydrogen) atoms. The summed E-state index contributed by atoms with van der Waals surface area (Å²) in [6.07, 6.45) is 1.72. The maximum absolute atomic E-state index is 12.5. The van der Waals surface area contributed by atoms with Crippen LogP contribution < -0.4 is 4.74 Å². The van der Waals surface area contributed by atoms with E-state index in [2.05, 4.69) is 4.98 Å². The number of aromatic nitrogens is 1. The van der Waals surface area contributed by atoms with Crippen LogP contribution in [0.15, 0.2) is 48.7 Å². The van der Waals surface area contributed by atoms with E-state index in [1.54, 1.807) is 24.2 Å². The number of benzene rings is 1. The van der Waals surface area contributed by atoms with Crippen LogP contribution >= 0.6 is 0 Å². The van der Waals surface area contributed by atoms with Gasteiger partial charge in [0, 0.05) is 13.2 Å². The highest BCUT2D eigenvalue weighted by Crippen LogP contribution is 2.20. The van der Waals surface area contributed by atoms with E-state index in [4.69, 9.17) is 4.74 Å². The topological polar surface area (TPSA) is 42.4 Å². The third kappa shape index (κ3) is 3.35. The van der Waals surface area contributed by atoms with Gasteiger partial charge in [0.2, 0.25) is 0 Å². The van der Waals surface area contributed by atoms with E-state index < -0.39 is 0 Å². The molecule has 0 aliphatic carbocycles. The predicted octanol–water partition coefficient (Wildman–Crippen LogP) is 2.75. The monoisotopic (exact) mass is 270 g/mol. The van der Waals surface area contributed by atoms with Crippen LogP contribution in [0.1, 0.15) is 23.0 Å². The largest absolute Gasteiger partial charge is 0.493 e. The van der Waals surface area contributed by atoms with Crippen molar-refractivity contribution in [1.29, 1.82) is 0 Å². The summed E-state index contributed by atoms with van der Waals surface area (Å²) in [7, 11) is 1.76. The van der Waals surface area contributed by atoms with Crippen molar-refractivity contribution in [2.24, 2.45) is 0 Å². The Labute approximate surface area is 119 Å². The third-order valence-corrected chi connectivity index (χ3v) is 2.89. The van der Waals surface area contributed by atoms with Gasteiger partial charge in [0.1, 0.15) is 5.75 Å². The van der Waals surface area contributed by atoms with Crippen LogP contribution in [0.2, 0.25) is 0 Å². The first-order chi connectivity index (χ1) is 9.72. The Kier molecular flexibility index (Phi) is 4.71. The van der Waals surface area contributed by atoms with E-state index in [1.807, 2.05) is 43.3 Å². The molecule has 1 aromatic carbocycles. The summed E-state index contributed by atoms with van der Waals surface area (Å²) in [5.74, 6) is 0.549. The van der Waals surface area contributed by atoms with Crippen molar-refractivity contribution in [1.82, 2.24) is 9.88 Å². The predicted molar refractivity (Wildman–Crippen MR) is 77.6 cm³/mol. The smallest absolute Gasteiger partial charge is 0.257 e. The first kappa shape index (κ1) is 14.1. The van der Waals surface area contributed by atoms with Gasteiger partial charge in [-0.25, -0.2) is 0 Å². The average Bonchev–Trinajstić information content (AvgIpc) is 2.48. The SMILES string of the molecule is CCOc1ccccc1C(=O)N(C)Cc1ccccn1. The zero-order valence-corrected chi connectivity index (χ0v) is 11.7. The number of nitrogens with zero attached hydrogens (tertiary/aromatic N) is 2. The van der Waals surface area contributed by atoms with Crippen LogP contribution in [0.25, 0.3) is 0 Å². The van der Waals surface area contributed by atoms with Crippen molar-refractivity contribution in [3.63, 3.8) is 0 Å². The number of carbonyl (C=O) groups excluding carboxylic acids is 1. The molecule has 0 spiro atoms. The number of para-hydroxylation sites is 1. The van der Waals surface area contributed by atoms with Crippen molar-refractivity contribution < 1.29 is 9.53 Å². The number of hydrogen-bond donors (Lipinski definition) is 0. The molecule has 4 nitrogen and oxygen atoms in total. The molecule has 2 aromatic rings. The molecule has 104 valence electrons. The third-order valence-electron chi connectivity index (χ3n) is 2.89. The maximum Gasteiger partial charge on any atom is 0.257 e. The van der Waals surface area contributed by atoms with Crippen LogP contribution in [0.4, 0.5) is 0 Å². The molecule has 0 saturated heterocycles. The van der Waals surface area contributed by atoms with E-state index in [-0.39, 0.29) is 5.91 Å². The molecular weight excluding hydrogens is 252 g/mol. The van der Waals surface area contributed by atoms with Gasteiger partial charge >= 0.3 is 0 Å². The molecule has 2 rings (SSSR count). The lowest BCUT2D eigenvalue weighted by atomic mass is 10.1. The lowest BCUT2D eigenvalue weighted by molar-refractivity contribution is 0.0779. The second-order valence-electron chi connectivity index (χ2n) is 4.41. The number of hydrogen-bond acceptors (Lipinski definition) is 3. The summed E-state index contributed by atoms with van der Waals surface area (Å²) < 4.78 is 5.50. The van der Waals surface area contributed by atoms with E-state index >= 15 is 0 Å². The lowest BCUT2D eigenvalue weighted by Crippen LogP contribution is -2.27. The lowest BCUT2D eigenvalue weighted by Gasteiger charge is -2.18. The van der Waals surface area contributed by atoms with Gasteiger partial charge in [0.15, 0.2) is 0 Å². The molecular formula is C16H18N2O2. The molecule has 1 amide bonds. The summed E-state index contributed by atoms with van der Waals surface area (Å²) in [6.45, 7) is 2.91. The van der Waals surface area contributed by atoms with E-state index in [1.165, 1.54) is 0 Å². The Morgan fingerprint density at radius 2 is 1.95 bits per heavy atom. The normalized spacial score (nSPS) is 10.1. The van der Waals surface area contributed by atoms with Crippen molar-refractivity contribution in [3.05, 3.63) is 59.9 Å². The minimum absolute atomic E-state index is 0.0697. The average molecular weight is 270 g/mol. The zero-order valence-electron chi connectivity index (χ0n) is 11.7. The van der Waals surface area contributed by atoms with Gasteiger partial charge in [0.05, 0.1) is 24.4 Å². The number of carbonyl (C=O) groups is 1. The second kappa shape index (κ2) is 6.70. The van der Waals surface area contributed by atoms with Crippen molar-refractivity contribution in [2.75, 3.05) is 13.7 Å². The van der Waals surface area contributed by atoms with Gasteiger partial charge < -0.3 is 9.64 Å². The molecule has 0 atom stereocenters. The first-order valence-corrected chi connectivity index (χ1v) is 6.59. The number of rotatable bonds is 5. The van der Waals surface area contributed by atoms with Crippen LogP contribution in [0.3, 0.4) is 0 Å². The first-order valence-electron chi connectivity index (χ1n) is 6.59. The van der Waals surface area contributed by atoms with Crippen molar-refractivity contribution in [2.45, 2.75) is 13.5 Å². The fourth-order valence-corrected chi connectivity index (χ4v) is 1.94. The fraction of sp³-hybridized carbons (Fsp3) is 0.250. The van der Waals surface area contributed by atoms with Crippen LogP contribution in [-0.2, 0) is 6.54 Å². The summed E-state index contributed by atoms with van der Waals surface area (Å²) in [5, 5.41) is 0. The van der Waals surface area contributed by atoms with Crippen molar-refractivity contribution in [3.8, 4) is 5.75 Å². The molecule has 0 fully saturated rings. The molecule has 0 saturated carbocycles. The Balaban J connectivity index is 2.14. The zero-order chi connectivity index (χ0) is 14.4. The molecule has 1 aromatic heterocycles. The summed E-state index contributed by atoms with van der Waals surface area (Å²) >= 11 is 0. The van der Waals surface area contributed by atoms with Gasteiger partial charge in [-0.2, -0.15) is 0 Å². The Morgan fingerprint density at radius 3 is 2.65 bits per heavy atom. The van der Waals surface area contributed by atoms with Crippen LogP contribution in [0, 0.1) is 0 Å². The molecule has 4 heteroatoms. The molecule has 0 radical (unpaired) electrons. The Bertz CT molecular complexity index is 570. The second-order valence-corrected chi connectivity index (χ2v) is 4.41. The minimum atomic E-state index is -0.0697. The van der Waals surface area contributed by atoms with Gasteiger partial charge in [-0.15, -0.1) is 0 Å². The van der Waals surface area contributed by atoms with Gasteiger partial charge in [-0.05, 0) is 31.2 Å². The quantitative estimate of drug-likeness (QED) is 0.839. The number of ether oxygens (including phenoxy) is 1. The summed E-state index contributed by atoms with van der Waals surface area (Å²) in [4.78, 5) is 18.3. The Morgan fingerprint density at radius 1 is 1.20 bits per heavy atom. The van der Waals surface area contributed by atoms with Gasteiger partial charge in [-0.3, -0.25) is 9.78 Å². The van der Waals surface area contributed by atoms with E-state index in [0.717, 1.165) is 5.69 Å². The summed E-state index contributed by atoms with van der Waals surface area (Å²) in [5.41, 5.74) is 1.44. The standard InChI is InChI=1S/C16H18N2O2/c1-3-20-15-10-5-4-9-14(15)16(19)18(2)12-13-8-6-7-11-17-13/h4-11H,3,12H2,1-2H3.